The van der Waals surface area contributed by atoms with E-state index in [1.54, 1.807) is 0 Å². The van der Waals surface area contributed by atoms with Gasteiger partial charge in [-0.25, -0.2) is 0 Å². The van der Waals surface area contributed by atoms with Gasteiger partial charge < -0.3 is 18.9 Å². The molecule has 0 saturated carbocycles. The summed E-state index contributed by atoms with van der Waals surface area (Å²) in [4.78, 5) is 70.0. The van der Waals surface area contributed by atoms with E-state index in [9.17, 15) is 28.8 Å². The van der Waals surface area contributed by atoms with Crippen molar-refractivity contribution in [3.63, 3.8) is 0 Å². The number of rotatable bonds is 6. The zero-order valence-corrected chi connectivity index (χ0v) is 14.4. The molecule has 0 aliphatic carbocycles. The number of hydrogen-bond donors (Lipinski definition) is 0. The lowest BCUT2D eigenvalue weighted by Crippen LogP contribution is -2.71. The van der Waals surface area contributed by atoms with Crippen LogP contribution in [0.2, 0.25) is 0 Å². The maximum absolute atomic E-state index is 11.6. The van der Waals surface area contributed by atoms with E-state index in [4.69, 9.17) is 18.9 Å². The molecule has 12 nitrogen and oxygen atoms in total. The minimum absolute atomic E-state index is 0.135. The fourth-order valence-electron chi connectivity index (χ4n) is 2.27. The molecule has 0 aromatic rings. The summed E-state index contributed by atoms with van der Waals surface area (Å²) in [6, 6.07) is 0. The molecule has 2 amide bonds. The molecule has 12 heteroatoms. The maximum atomic E-state index is 11.6. The van der Waals surface area contributed by atoms with Crippen LogP contribution in [0, 0.1) is 0 Å². The molecule has 26 heavy (non-hydrogen) atoms. The average molecular weight is 374 g/mol. The predicted octanol–water partition coefficient (Wildman–Crippen LogP) is -1.53. The third kappa shape index (κ3) is 4.91. The Bertz CT molecular complexity index is 511. The predicted molar refractivity (Wildman–Crippen MR) is 78.0 cm³/mol. The number of ether oxygens (including phenoxy) is 4. The smallest absolute Gasteiger partial charge is 0.304 e. The number of piperazine rings is 1. The van der Waals surface area contributed by atoms with Crippen molar-refractivity contribution >= 4 is 36.7 Å². The van der Waals surface area contributed by atoms with Crippen molar-refractivity contribution in [1.29, 1.82) is 0 Å². The van der Waals surface area contributed by atoms with Gasteiger partial charge in [-0.2, -0.15) is 0 Å². The normalized spacial score (nSPS) is 24.9. The average Bonchev–Trinajstić information content (AvgIpc) is 2.49. The summed E-state index contributed by atoms with van der Waals surface area (Å²) in [5, 5.41) is 0. The summed E-state index contributed by atoms with van der Waals surface area (Å²) in [5.74, 6) is -3.51. The van der Waals surface area contributed by atoms with E-state index in [0.717, 1.165) is 27.7 Å². The summed E-state index contributed by atoms with van der Waals surface area (Å²) < 4.78 is 19.8. The summed E-state index contributed by atoms with van der Waals surface area (Å²) >= 11 is 0. The fraction of sp³-hybridized carbons (Fsp3) is 0.571. The van der Waals surface area contributed by atoms with Crippen molar-refractivity contribution in [3.05, 3.63) is 0 Å². The summed E-state index contributed by atoms with van der Waals surface area (Å²) in [7, 11) is 0. The largest absolute Gasteiger partial charge is 0.435 e. The lowest BCUT2D eigenvalue weighted by atomic mass is 10.2. The molecular weight excluding hydrogens is 356 g/mol. The van der Waals surface area contributed by atoms with E-state index in [1.165, 1.54) is 0 Å². The second kappa shape index (κ2) is 8.78. The molecular formula is C14H18N2O10. The van der Waals surface area contributed by atoms with Crippen LogP contribution in [0.1, 0.15) is 27.7 Å². The van der Waals surface area contributed by atoms with E-state index in [0.29, 0.717) is 9.80 Å². The Kier molecular flexibility index (Phi) is 7.05. The SMILES string of the molecule is CC(=O)OC1C(OC(C)=O)N(C=O)C(OC(C)=O)C(OC(C)=O)N1C=O. The van der Waals surface area contributed by atoms with E-state index < -0.39 is 48.8 Å². The Hall–Kier alpha value is -3.18. The maximum Gasteiger partial charge on any atom is 0.304 e. The highest BCUT2D eigenvalue weighted by molar-refractivity contribution is 5.70. The Labute approximate surface area is 147 Å². The van der Waals surface area contributed by atoms with Crippen LogP contribution in [0.25, 0.3) is 0 Å². The van der Waals surface area contributed by atoms with Crippen molar-refractivity contribution in [2.45, 2.75) is 52.6 Å². The quantitative estimate of drug-likeness (QED) is 0.305. The van der Waals surface area contributed by atoms with Crippen molar-refractivity contribution in [3.8, 4) is 0 Å². The van der Waals surface area contributed by atoms with Gasteiger partial charge in [0.05, 0.1) is 0 Å². The Morgan fingerprint density at radius 2 is 0.769 bits per heavy atom. The Morgan fingerprint density at radius 3 is 0.885 bits per heavy atom. The van der Waals surface area contributed by atoms with Crippen LogP contribution in [0.3, 0.4) is 0 Å². The highest BCUT2D eigenvalue weighted by Crippen LogP contribution is 2.29. The molecule has 1 rings (SSSR count). The van der Waals surface area contributed by atoms with Gasteiger partial charge in [0, 0.05) is 27.7 Å². The van der Waals surface area contributed by atoms with Crippen LogP contribution in [0.5, 0.6) is 0 Å². The number of carbonyl (C=O) groups is 6. The first-order valence-electron chi connectivity index (χ1n) is 7.26. The van der Waals surface area contributed by atoms with Crippen LogP contribution in [0.15, 0.2) is 0 Å². The molecule has 1 saturated heterocycles. The summed E-state index contributed by atoms with van der Waals surface area (Å²) in [5.41, 5.74) is 0. The Morgan fingerprint density at radius 1 is 0.577 bits per heavy atom. The minimum Gasteiger partial charge on any atom is -0.435 e. The third-order valence-electron chi connectivity index (χ3n) is 3.05. The van der Waals surface area contributed by atoms with Gasteiger partial charge in [-0.15, -0.1) is 0 Å². The zero-order valence-electron chi connectivity index (χ0n) is 14.4. The van der Waals surface area contributed by atoms with E-state index in [2.05, 4.69) is 0 Å². The van der Waals surface area contributed by atoms with Crippen LogP contribution in [-0.2, 0) is 47.7 Å². The molecule has 0 aromatic carbocycles. The second-order valence-corrected chi connectivity index (χ2v) is 5.11. The van der Waals surface area contributed by atoms with Crippen LogP contribution >= 0.6 is 0 Å². The van der Waals surface area contributed by atoms with Gasteiger partial charge in [-0.3, -0.25) is 38.6 Å². The number of hydrogen-bond acceptors (Lipinski definition) is 10. The van der Waals surface area contributed by atoms with Gasteiger partial charge in [0.15, 0.2) is 0 Å². The number of nitrogens with zero attached hydrogens (tertiary/aromatic N) is 2. The highest BCUT2D eigenvalue weighted by Gasteiger charge is 2.54. The summed E-state index contributed by atoms with van der Waals surface area (Å²) in [6.45, 7) is 4.05. The van der Waals surface area contributed by atoms with Gasteiger partial charge in [-0.05, 0) is 0 Å². The Balaban J connectivity index is 3.47. The molecule has 1 aliphatic rings. The van der Waals surface area contributed by atoms with Gasteiger partial charge in [0.1, 0.15) is 0 Å². The second-order valence-electron chi connectivity index (χ2n) is 5.11. The van der Waals surface area contributed by atoms with Crippen molar-refractivity contribution in [2.75, 3.05) is 0 Å². The van der Waals surface area contributed by atoms with Gasteiger partial charge >= 0.3 is 23.9 Å². The monoisotopic (exact) mass is 374 g/mol. The molecule has 0 spiro atoms. The van der Waals surface area contributed by atoms with E-state index in [-0.39, 0.29) is 12.8 Å². The number of esters is 4. The standard InChI is InChI=1S/C14H18N2O10/c1-7(19)23-11-12(24-8(2)20)16(6-18)14(26-10(4)22)13(15(11)5-17)25-9(3)21/h5-6,11-14H,1-4H3. The minimum atomic E-state index is -1.64. The van der Waals surface area contributed by atoms with Crippen LogP contribution in [-0.4, -0.2) is 71.4 Å². The lowest BCUT2D eigenvalue weighted by molar-refractivity contribution is -0.289. The molecule has 0 radical (unpaired) electrons. The van der Waals surface area contributed by atoms with Gasteiger partial charge in [0.2, 0.25) is 37.7 Å². The first kappa shape index (κ1) is 20.9. The fourth-order valence-corrected chi connectivity index (χ4v) is 2.27. The molecule has 144 valence electrons. The van der Waals surface area contributed by atoms with Gasteiger partial charge in [-0.1, -0.05) is 0 Å². The number of carbonyl (C=O) groups excluding carboxylic acids is 6. The molecule has 1 aliphatic heterocycles. The topological polar surface area (TPSA) is 146 Å². The summed E-state index contributed by atoms with van der Waals surface area (Å²) in [6.07, 6.45) is -6.30. The van der Waals surface area contributed by atoms with Crippen molar-refractivity contribution < 1.29 is 47.7 Å². The molecule has 4 unspecified atom stereocenters. The molecule has 1 fully saturated rings. The van der Waals surface area contributed by atoms with Crippen LogP contribution in [0.4, 0.5) is 0 Å². The van der Waals surface area contributed by atoms with Gasteiger partial charge in [0.25, 0.3) is 0 Å². The lowest BCUT2D eigenvalue weighted by Gasteiger charge is -2.49. The van der Waals surface area contributed by atoms with E-state index >= 15 is 0 Å². The molecule has 0 aromatic heterocycles. The van der Waals surface area contributed by atoms with E-state index in [1.807, 2.05) is 0 Å². The molecule has 0 N–H and O–H groups in total. The molecule has 1 heterocycles. The zero-order chi connectivity index (χ0) is 20.0. The highest BCUT2D eigenvalue weighted by atomic mass is 16.6. The first-order chi connectivity index (χ1) is 12.1. The third-order valence-corrected chi connectivity index (χ3v) is 3.05. The van der Waals surface area contributed by atoms with Crippen molar-refractivity contribution in [1.82, 2.24) is 9.80 Å². The van der Waals surface area contributed by atoms with Crippen LogP contribution < -0.4 is 0 Å². The van der Waals surface area contributed by atoms with Crippen molar-refractivity contribution in [2.24, 2.45) is 0 Å². The number of amides is 2. The molecule has 0 bridgehead atoms. The first-order valence-corrected chi connectivity index (χ1v) is 7.26. The molecule has 4 atom stereocenters.